The minimum absolute atomic E-state index is 0.282. The molecule has 0 aromatic heterocycles. The average molecular weight is 288 g/mol. The van der Waals surface area contributed by atoms with Crippen LogP contribution in [0.3, 0.4) is 0 Å². The summed E-state index contributed by atoms with van der Waals surface area (Å²) in [5, 5.41) is 1.63. The van der Waals surface area contributed by atoms with E-state index < -0.39 is 28.2 Å². The molecule has 1 aromatic rings. The molecule has 94 valence electrons. The topological polar surface area (TPSA) is 9.23 Å². The first kappa shape index (κ1) is 14.9. The van der Waals surface area contributed by atoms with Crippen molar-refractivity contribution in [3.8, 4) is 5.75 Å². The van der Waals surface area contributed by atoms with Crippen LogP contribution in [0.5, 0.6) is 5.75 Å². The van der Waals surface area contributed by atoms with Crippen molar-refractivity contribution in [2.24, 2.45) is 0 Å². The molecular weight excluding hydrogens is 267 g/mol. The van der Waals surface area contributed by atoms with Gasteiger partial charge in [-0.2, -0.15) is 0 Å². The van der Waals surface area contributed by atoms with Gasteiger partial charge in [0.15, 0.2) is 0 Å². The van der Waals surface area contributed by atoms with E-state index >= 15 is 0 Å². The number of benzene rings is 1. The van der Waals surface area contributed by atoms with Crippen LogP contribution in [0.15, 0.2) is 18.2 Å². The van der Waals surface area contributed by atoms with Crippen LogP contribution in [-0.2, 0) is 20.1 Å². The fourth-order valence-electron chi connectivity index (χ4n) is 1.65. The van der Waals surface area contributed by atoms with Gasteiger partial charge in [-0.3, -0.25) is 0 Å². The van der Waals surface area contributed by atoms with E-state index in [4.69, 9.17) is 3.32 Å². The summed E-state index contributed by atoms with van der Waals surface area (Å²) < 4.78 is 17.5. The van der Waals surface area contributed by atoms with Crippen molar-refractivity contribution in [1.29, 1.82) is 0 Å². The zero-order valence-corrected chi connectivity index (χ0v) is 14.1. The van der Waals surface area contributed by atoms with Gasteiger partial charge in [-0.15, -0.1) is 0 Å². The molecule has 0 spiro atoms. The van der Waals surface area contributed by atoms with Crippen LogP contribution in [0.4, 0.5) is 3.09 Å². The van der Waals surface area contributed by atoms with Crippen LogP contribution in [0, 0.1) is 6.92 Å². The fourth-order valence-corrected chi connectivity index (χ4v) is 3.93. The van der Waals surface area contributed by atoms with E-state index in [1.165, 1.54) is 5.19 Å². The van der Waals surface area contributed by atoms with Crippen LogP contribution in [0.1, 0.15) is 26.3 Å². The molecule has 17 heavy (non-hydrogen) atoms. The van der Waals surface area contributed by atoms with Gasteiger partial charge in [-0.1, -0.05) is 0 Å². The molecule has 0 radical (unpaired) electrons. The first-order chi connectivity index (χ1) is 7.68. The summed E-state index contributed by atoms with van der Waals surface area (Å²) in [6.07, 6.45) is 0. The molecule has 0 saturated carbocycles. The molecule has 1 nitrogen and oxygen atoms in total. The molecule has 0 atom stereocenters. The Morgan fingerprint density at radius 3 is 2.24 bits per heavy atom. The Morgan fingerprint density at radius 1 is 1.18 bits per heavy atom. The van der Waals surface area contributed by atoms with Gasteiger partial charge >= 0.3 is 115 Å². The monoisotopic (exact) mass is 288 g/mol. The van der Waals surface area contributed by atoms with Gasteiger partial charge in [0.1, 0.15) is 0 Å². The van der Waals surface area contributed by atoms with Gasteiger partial charge in [-0.25, -0.2) is 0 Å². The van der Waals surface area contributed by atoms with E-state index in [0.29, 0.717) is 5.75 Å². The normalized spacial score (nSPS) is 12.4. The van der Waals surface area contributed by atoms with E-state index in [1.54, 1.807) is 0 Å². The summed E-state index contributed by atoms with van der Waals surface area (Å²) in [7, 11) is -1.56. The van der Waals surface area contributed by atoms with Crippen LogP contribution in [0.25, 0.3) is 0 Å². The molecule has 0 N–H and O–H groups in total. The summed E-state index contributed by atoms with van der Waals surface area (Å²) in [6.45, 7) is 13.6. The summed E-state index contributed by atoms with van der Waals surface area (Å²) in [5.74, 6) is 0.701. The maximum atomic E-state index is 12.4. The number of hydrogen-bond donors (Lipinski definition) is 0. The third-order valence-corrected chi connectivity index (χ3v) is 9.77. The third-order valence-electron chi connectivity index (χ3n) is 3.80. The third kappa shape index (κ3) is 3.43. The Kier molecular flexibility index (Phi) is 4.61. The molecule has 0 saturated heterocycles. The zero-order valence-electron chi connectivity index (χ0n) is 11.5. The van der Waals surface area contributed by atoms with Crippen LogP contribution in [-0.4, -0.2) is 8.07 Å². The minimum atomic E-state index is -1.77. The van der Waals surface area contributed by atoms with Crippen molar-refractivity contribution in [2.45, 2.75) is 45.8 Å². The van der Waals surface area contributed by atoms with Gasteiger partial charge in [0.2, 0.25) is 0 Å². The van der Waals surface area contributed by atoms with Crippen molar-refractivity contribution in [2.75, 3.05) is 0 Å². The number of hydrogen-bond acceptors (Lipinski definition) is 1. The predicted molar refractivity (Wildman–Crippen MR) is 69.7 cm³/mol. The molecule has 0 amide bonds. The first-order valence-electron chi connectivity index (χ1n) is 5.83. The number of halogens is 1. The molecule has 4 heteroatoms. The van der Waals surface area contributed by atoms with Gasteiger partial charge in [0.25, 0.3) is 0 Å². The number of rotatable bonds is 3. The van der Waals surface area contributed by atoms with E-state index in [0.717, 1.165) is 5.56 Å². The first-order valence-corrected chi connectivity index (χ1v) is 10.1. The summed E-state index contributed by atoms with van der Waals surface area (Å²) in [4.78, 5) is 0. The molecular formula is C13H21FOSiTi. The van der Waals surface area contributed by atoms with Crippen molar-refractivity contribution in [3.05, 3.63) is 23.8 Å². The molecule has 0 aliphatic carbocycles. The van der Waals surface area contributed by atoms with Gasteiger partial charge in [0.05, 0.1) is 0 Å². The summed E-state index contributed by atoms with van der Waals surface area (Å²) in [6, 6.07) is 6.18. The molecule has 0 aliphatic rings. The second-order valence-corrected chi connectivity index (χ2v) is 12.0. The van der Waals surface area contributed by atoms with Gasteiger partial charge < -0.3 is 0 Å². The standard InChI is InChI=1S/C13H22OSi.FH.Ti/c1-10-7-11(14)9-12(8-10)15(5,6)13(2,3)4;;/h7-9,14H,1-6H3;1H;/q;;+2/p-2. The Morgan fingerprint density at radius 2 is 1.76 bits per heavy atom. The van der Waals surface area contributed by atoms with Gasteiger partial charge in [-0.05, 0) is 0 Å². The van der Waals surface area contributed by atoms with E-state index in [1.807, 2.05) is 19.1 Å². The van der Waals surface area contributed by atoms with E-state index in [9.17, 15) is 3.09 Å². The van der Waals surface area contributed by atoms with Crippen molar-refractivity contribution in [3.63, 3.8) is 0 Å². The Bertz CT molecular complexity index is 399. The van der Waals surface area contributed by atoms with Crippen LogP contribution < -0.4 is 8.51 Å². The van der Waals surface area contributed by atoms with Crippen molar-refractivity contribution in [1.82, 2.24) is 0 Å². The van der Waals surface area contributed by atoms with Crippen LogP contribution in [0.2, 0.25) is 18.1 Å². The predicted octanol–water partition coefficient (Wildman–Crippen LogP) is 3.97. The zero-order chi connectivity index (χ0) is 13.3. The van der Waals surface area contributed by atoms with Gasteiger partial charge in [0, 0.05) is 0 Å². The molecule has 0 heterocycles. The molecule has 0 unspecified atom stereocenters. The van der Waals surface area contributed by atoms with Crippen LogP contribution >= 0.6 is 0 Å². The quantitative estimate of drug-likeness (QED) is 0.765. The SMILES string of the molecule is Cc1cc([O][Ti][F])cc([Si](C)(C)C(C)(C)C)c1. The second-order valence-electron chi connectivity index (χ2n) is 6.09. The van der Waals surface area contributed by atoms with Crippen molar-refractivity contribution < 1.29 is 26.5 Å². The average Bonchev–Trinajstić information content (AvgIpc) is 2.15. The molecule has 0 fully saturated rings. The number of aryl methyl sites for hydroxylation is 1. The van der Waals surface area contributed by atoms with Crippen molar-refractivity contribution >= 4 is 13.3 Å². The fraction of sp³-hybridized carbons (Fsp3) is 0.538. The van der Waals surface area contributed by atoms with E-state index in [2.05, 4.69) is 39.9 Å². The summed E-state index contributed by atoms with van der Waals surface area (Å²) in [5.41, 5.74) is 1.15. The summed E-state index contributed by atoms with van der Waals surface area (Å²) >= 11 is -1.77. The maximum absolute atomic E-state index is 12.4. The Balaban J connectivity index is 3.22. The second kappa shape index (κ2) is 5.25. The molecule has 0 bridgehead atoms. The Hall–Kier alpha value is -0.119. The molecule has 0 aliphatic heterocycles. The molecule has 1 rings (SSSR count). The van der Waals surface area contributed by atoms with E-state index in [-0.39, 0.29) is 5.04 Å². The molecule has 1 aromatic carbocycles. The Labute approximate surface area is 115 Å².